The second kappa shape index (κ2) is 6.39. The van der Waals surface area contributed by atoms with Crippen LogP contribution in [0.2, 0.25) is 0 Å². The Labute approximate surface area is 119 Å². The SMILES string of the molecule is COc1cccc(Oc2cc(CO)cc(C(C)C)n2)c1. The fraction of sp³-hybridized carbons (Fsp3) is 0.312. The maximum Gasteiger partial charge on any atom is 0.219 e. The fourth-order valence-electron chi connectivity index (χ4n) is 1.81. The van der Waals surface area contributed by atoms with Crippen molar-refractivity contribution in [3.63, 3.8) is 0 Å². The lowest BCUT2D eigenvalue weighted by Gasteiger charge is -2.11. The van der Waals surface area contributed by atoms with Crippen LogP contribution < -0.4 is 9.47 Å². The number of methoxy groups -OCH3 is 1. The van der Waals surface area contributed by atoms with Crippen molar-refractivity contribution in [3.05, 3.63) is 47.7 Å². The second-order valence-electron chi connectivity index (χ2n) is 4.83. The highest BCUT2D eigenvalue weighted by molar-refractivity contribution is 5.36. The molecule has 4 heteroatoms. The third kappa shape index (κ3) is 3.48. The zero-order valence-corrected chi connectivity index (χ0v) is 12.0. The Hall–Kier alpha value is -2.07. The van der Waals surface area contributed by atoms with E-state index in [1.165, 1.54) is 0 Å². The van der Waals surface area contributed by atoms with Gasteiger partial charge in [-0.2, -0.15) is 0 Å². The summed E-state index contributed by atoms with van der Waals surface area (Å²) in [5.74, 6) is 2.13. The summed E-state index contributed by atoms with van der Waals surface area (Å²) in [7, 11) is 1.61. The highest BCUT2D eigenvalue weighted by atomic mass is 16.5. The van der Waals surface area contributed by atoms with Gasteiger partial charge in [-0.3, -0.25) is 0 Å². The minimum Gasteiger partial charge on any atom is -0.497 e. The summed E-state index contributed by atoms with van der Waals surface area (Å²) in [5, 5.41) is 9.31. The molecule has 0 fully saturated rings. The Kier molecular flexibility index (Phi) is 4.58. The molecule has 2 aromatic rings. The topological polar surface area (TPSA) is 51.6 Å². The second-order valence-corrected chi connectivity index (χ2v) is 4.83. The van der Waals surface area contributed by atoms with Gasteiger partial charge in [0.25, 0.3) is 0 Å². The van der Waals surface area contributed by atoms with Gasteiger partial charge in [0.05, 0.1) is 13.7 Å². The number of benzene rings is 1. The van der Waals surface area contributed by atoms with Gasteiger partial charge in [0, 0.05) is 17.8 Å². The molecule has 0 bridgehead atoms. The molecule has 0 radical (unpaired) electrons. The van der Waals surface area contributed by atoms with Gasteiger partial charge in [-0.15, -0.1) is 0 Å². The fourth-order valence-corrected chi connectivity index (χ4v) is 1.81. The Morgan fingerprint density at radius 3 is 2.55 bits per heavy atom. The molecule has 0 aliphatic rings. The monoisotopic (exact) mass is 273 g/mol. The van der Waals surface area contributed by atoms with Gasteiger partial charge in [0.2, 0.25) is 5.88 Å². The first-order chi connectivity index (χ1) is 9.62. The van der Waals surface area contributed by atoms with Crippen LogP contribution in [0.3, 0.4) is 0 Å². The maximum absolute atomic E-state index is 9.31. The van der Waals surface area contributed by atoms with Crippen molar-refractivity contribution in [2.75, 3.05) is 7.11 Å². The maximum atomic E-state index is 9.31. The van der Waals surface area contributed by atoms with Crippen LogP contribution in [-0.4, -0.2) is 17.2 Å². The number of aromatic nitrogens is 1. The molecule has 106 valence electrons. The number of hydrogen-bond donors (Lipinski definition) is 1. The molecule has 4 nitrogen and oxygen atoms in total. The summed E-state index contributed by atoms with van der Waals surface area (Å²) in [6.45, 7) is 4.08. The number of rotatable bonds is 5. The van der Waals surface area contributed by atoms with Crippen molar-refractivity contribution in [3.8, 4) is 17.4 Å². The minimum atomic E-state index is -0.0310. The number of hydrogen-bond acceptors (Lipinski definition) is 4. The van der Waals surface area contributed by atoms with Crippen molar-refractivity contribution in [1.29, 1.82) is 0 Å². The summed E-state index contributed by atoms with van der Waals surface area (Å²) in [6, 6.07) is 11.0. The molecule has 0 spiro atoms. The van der Waals surface area contributed by atoms with Crippen LogP contribution in [-0.2, 0) is 6.61 Å². The summed E-state index contributed by atoms with van der Waals surface area (Å²) < 4.78 is 10.9. The first-order valence-electron chi connectivity index (χ1n) is 6.56. The molecule has 20 heavy (non-hydrogen) atoms. The lowest BCUT2D eigenvalue weighted by Crippen LogP contribution is -1.98. The van der Waals surface area contributed by atoms with E-state index in [4.69, 9.17) is 9.47 Å². The third-order valence-electron chi connectivity index (χ3n) is 2.92. The average Bonchev–Trinajstić information content (AvgIpc) is 2.47. The molecule has 0 saturated carbocycles. The zero-order chi connectivity index (χ0) is 14.5. The van der Waals surface area contributed by atoms with E-state index in [1.54, 1.807) is 19.2 Å². The van der Waals surface area contributed by atoms with Crippen LogP contribution in [0.15, 0.2) is 36.4 Å². The number of aliphatic hydroxyl groups excluding tert-OH is 1. The van der Waals surface area contributed by atoms with Gasteiger partial charge in [0.1, 0.15) is 11.5 Å². The van der Waals surface area contributed by atoms with E-state index in [2.05, 4.69) is 18.8 Å². The van der Waals surface area contributed by atoms with E-state index < -0.39 is 0 Å². The summed E-state index contributed by atoms with van der Waals surface area (Å²) in [4.78, 5) is 4.46. The molecular formula is C16H19NO3. The van der Waals surface area contributed by atoms with Crippen molar-refractivity contribution in [1.82, 2.24) is 4.98 Å². The summed E-state index contributed by atoms with van der Waals surface area (Å²) in [5.41, 5.74) is 1.69. The molecule has 0 amide bonds. The zero-order valence-electron chi connectivity index (χ0n) is 12.0. The molecule has 0 atom stereocenters. The Morgan fingerprint density at radius 2 is 1.90 bits per heavy atom. The van der Waals surface area contributed by atoms with Gasteiger partial charge >= 0.3 is 0 Å². The summed E-state index contributed by atoms with van der Waals surface area (Å²) >= 11 is 0. The lowest BCUT2D eigenvalue weighted by molar-refractivity contribution is 0.280. The normalized spacial score (nSPS) is 10.7. The first kappa shape index (κ1) is 14.3. The predicted octanol–water partition coefficient (Wildman–Crippen LogP) is 3.50. The molecule has 1 N–H and O–H groups in total. The quantitative estimate of drug-likeness (QED) is 0.906. The Morgan fingerprint density at radius 1 is 1.15 bits per heavy atom. The van der Waals surface area contributed by atoms with Gasteiger partial charge in [-0.05, 0) is 29.7 Å². The minimum absolute atomic E-state index is 0.0310. The molecule has 0 aliphatic heterocycles. The van der Waals surface area contributed by atoms with E-state index >= 15 is 0 Å². The standard InChI is InChI=1S/C16H19NO3/c1-11(2)15-7-12(10-18)8-16(17-15)20-14-6-4-5-13(9-14)19-3/h4-9,11,18H,10H2,1-3H3. The molecule has 0 aliphatic carbocycles. The number of nitrogens with zero attached hydrogens (tertiary/aromatic N) is 1. The molecular weight excluding hydrogens is 254 g/mol. The highest BCUT2D eigenvalue weighted by Crippen LogP contribution is 2.26. The Bertz CT molecular complexity index is 582. The van der Waals surface area contributed by atoms with Crippen molar-refractivity contribution in [2.24, 2.45) is 0 Å². The number of pyridine rings is 1. The highest BCUT2D eigenvalue weighted by Gasteiger charge is 2.08. The van der Waals surface area contributed by atoms with Crippen LogP contribution in [0.4, 0.5) is 0 Å². The number of ether oxygens (including phenoxy) is 2. The van der Waals surface area contributed by atoms with Gasteiger partial charge in [-0.25, -0.2) is 4.98 Å². The van der Waals surface area contributed by atoms with Crippen LogP contribution in [0.5, 0.6) is 17.4 Å². The molecule has 1 heterocycles. The third-order valence-corrected chi connectivity index (χ3v) is 2.92. The van der Waals surface area contributed by atoms with Gasteiger partial charge < -0.3 is 14.6 Å². The van der Waals surface area contributed by atoms with Crippen molar-refractivity contribution >= 4 is 0 Å². The van der Waals surface area contributed by atoms with E-state index in [1.807, 2.05) is 24.3 Å². The Balaban J connectivity index is 2.29. The van der Waals surface area contributed by atoms with Crippen LogP contribution in [0.25, 0.3) is 0 Å². The van der Waals surface area contributed by atoms with E-state index in [0.717, 1.165) is 17.0 Å². The van der Waals surface area contributed by atoms with Crippen molar-refractivity contribution in [2.45, 2.75) is 26.4 Å². The van der Waals surface area contributed by atoms with Crippen molar-refractivity contribution < 1.29 is 14.6 Å². The molecule has 1 aromatic carbocycles. The molecule has 0 unspecified atom stereocenters. The molecule has 1 aromatic heterocycles. The number of aliphatic hydroxyl groups is 1. The molecule has 0 saturated heterocycles. The van der Waals surface area contributed by atoms with E-state index in [-0.39, 0.29) is 12.5 Å². The van der Waals surface area contributed by atoms with Crippen LogP contribution in [0, 0.1) is 0 Å². The van der Waals surface area contributed by atoms with Gasteiger partial charge in [0.15, 0.2) is 0 Å². The smallest absolute Gasteiger partial charge is 0.219 e. The van der Waals surface area contributed by atoms with E-state index in [0.29, 0.717) is 11.6 Å². The molecule has 2 rings (SSSR count). The summed E-state index contributed by atoms with van der Waals surface area (Å²) in [6.07, 6.45) is 0. The first-order valence-corrected chi connectivity index (χ1v) is 6.56. The van der Waals surface area contributed by atoms with E-state index in [9.17, 15) is 5.11 Å². The predicted molar refractivity (Wildman–Crippen MR) is 77.3 cm³/mol. The van der Waals surface area contributed by atoms with Gasteiger partial charge in [-0.1, -0.05) is 19.9 Å². The largest absolute Gasteiger partial charge is 0.497 e. The van der Waals surface area contributed by atoms with Crippen LogP contribution in [0.1, 0.15) is 31.0 Å². The van der Waals surface area contributed by atoms with Crippen LogP contribution >= 0.6 is 0 Å². The average molecular weight is 273 g/mol. The lowest BCUT2D eigenvalue weighted by atomic mass is 10.1.